The molecule has 0 radical (unpaired) electrons. The molecule has 1 rings (SSSR count). The van der Waals surface area contributed by atoms with Crippen molar-refractivity contribution < 1.29 is 14.7 Å². The summed E-state index contributed by atoms with van der Waals surface area (Å²) >= 11 is 1.45. The van der Waals surface area contributed by atoms with Crippen molar-refractivity contribution in [3.05, 3.63) is 29.8 Å². The van der Waals surface area contributed by atoms with E-state index in [0.717, 1.165) is 4.90 Å². The van der Waals surface area contributed by atoms with Crippen LogP contribution in [0.1, 0.15) is 18.4 Å². The first-order valence-electron chi connectivity index (χ1n) is 5.01. The Bertz CT molecular complexity index is 370. The highest BCUT2D eigenvalue weighted by Crippen LogP contribution is 2.18. The van der Waals surface area contributed by atoms with E-state index in [0.29, 0.717) is 5.75 Å². The van der Waals surface area contributed by atoms with Gasteiger partial charge in [-0.05, 0) is 19.1 Å². The molecule has 0 fully saturated rings. The maximum Gasteiger partial charge on any atom is 0.303 e. The van der Waals surface area contributed by atoms with Crippen LogP contribution in [-0.2, 0) is 9.59 Å². The number of rotatable bonds is 6. The second-order valence-electron chi connectivity index (χ2n) is 3.53. The fourth-order valence-corrected chi connectivity index (χ4v) is 1.92. The Kier molecular flexibility index (Phi) is 5.05. The van der Waals surface area contributed by atoms with Gasteiger partial charge in [-0.1, -0.05) is 17.7 Å². The van der Waals surface area contributed by atoms with Crippen molar-refractivity contribution in [2.45, 2.75) is 24.7 Å². The van der Waals surface area contributed by atoms with Crippen molar-refractivity contribution in [2.75, 3.05) is 5.75 Å². The van der Waals surface area contributed by atoms with Gasteiger partial charge in [0.25, 0.3) is 0 Å². The van der Waals surface area contributed by atoms with Gasteiger partial charge in [-0.15, -0.1) is 11.8 Å². The molecule has 0 aliphatic rings. The fraction of sp³-hybridized carbons (Fsp3) is 0.333. The average Bonchev–Trinajstić information content (AvgIpc) is 2.25. The molecule has 0 saturated heterocycles. The maximum atomic E-state index is 11.3. The molecular weight excluding hydrogens is 224 g/mol. The van der Waals surface area contributed by atoms with Crippen molar-refractivity contribution in [1.29, 1.82) is 0 Å². The van der Waals surface area contributed by atoms with Crippen LogP contribution in [0.3, 0.4) is 0 Å². The van der Waals surface area contributed by atoms with E-state index in [1.54, 1.807) is 0 Å². The molecule has 0 aliphatic carbocycles. The number of aryl methyl sites for hydroxylation is 1. The molecular formula is C12H14O3S. The van der Waals surface area contributed by atoms with Crippen LogP contribution in [0, 0.1) is 6.92 Å². The lowest BCUT2D eigenvalue weighted by molar-refractivity contribution is -0.138. The molecule has 1 N–H and O–H groups in total. The molecule has 1 aromatic carbocycles. The molecule has 0 unspecified atom stereocenters. The Morgan fingerprint density at radius 3 is 2.38 bits per heavy atom. The lowest BCUT2D eigenvalue weighted by Gasteiger charge is -2.01. The number of carbonyl (C=O) groups excluding carboxylic acids is 1. The molecule has 0 aliphatic heterocycles. The van der Waals surface area contributed by atoms with Crippen molar-refractivity contribution in [3.63, 3.8) is 0 Å². The van der Waals surface area contributed by atoms with Crippen molar-refractivity contribution in [2.24, 2.45) is 0 Å². The van der Waals surface area contributed by atoms with Crippen LogP contribution in [0.15, 0.2) is 29.2 Å². The smallest absolute Gasteiger partial charge is 0.303 e. The molecule has 0 atom stereocenters. The van der Waals surface area contributed by atoms with Gasteiger partial charge in [-0.25, -0.2) is 0 Å². The maximum absolute atomic E-state index is 11.3. The highest BCUT2D eigenvalue weighted by Gasteiger charge is 2.06. The highest BCUT2D eigenvalue weighted by molar-refractivity contribution is 8.00. The summed E-state index contributed by atoms with van der Waals surface area (Å²) in [5.74, 6) is -0.599. The Balaban J connectivity index is 2.31. The minimum atomic E-state index is -0.923. The molecule has 0 aromatic heterocycles. The van der Waals surface area contributed by atoms with Gasteiger partial charge in [0, 0.05) is 11.3 Å². The SMILES string of the molecule is Cc1ccc(SCC(=O)CCC(=O)O)cc1. The minimum Gasteiger partial charge on any atom is -0.481 e. The van der Waals surface area contributed by atoms with Crippen LogP contribution in [-0.4, -0.2) is 22.6 Å². The topological polar surface area (TPSA) is 54.4 Å². The average molecular weight is 238 g/mol. The molecule has 0 bridgehead atoms. The van der Waals surface area contributed by atoms with E-state index < -0.39 is 5.97 Å². The summed E-state index contributed by atoms with van der Waals surface area (Å²) in [5, 5.41) is 8.42. The number of ketones is 1. The lowest BCUT2D eigenvalue weighted by Crippen LogP contribution is -2.05. The first-order chi connectivity index (χ1) is 7.58. The van der Waals surface area contributed by atoms with Gasteiger partial charge in [0.05, 0.1) is 12.2 Å². The van der Waals surface area contributed by atoms with Crippen LogP contribution < -0.4 is 0 Å². The third-order valence-corrected chi connectivity index (χ3v) is 3.11. The van der Waals surface area contributed by atoms with Crippen LogP contribution in [0.5, 0.6) is 0 Å². The number of aliphatic carboxylic acids is 1. The summed E-state index contributed by atoms with van der Waals surface area (Å²) in [4.78, 5) is 22.6. The first-order valence-corrected chi connectivity index (χ1v) is 5.99. The number of hydrogen-bond donors (Lipinski definition) is 1. The van der Waals surface area contributed by atoms with Crippen molar-refractivity contribution in [1.82, 2.24) is 0 Å². The Hall–Kier alpha value is -1.29. The second kappa shape index (κ2) is 6.33. The summed E-state index contributed by atoms with van der Waals surface area (Å²) in [6.07, 6.45) is 0.0431. The number of hydrogen-bond acceptors (Lipinski definition) is 3. The van der Waals surface area contributed by atoms with Gasteiger partial charge in [0.1, 0.15) is 5.78 Å². The zero-order valence-corrected chi connectivity index (χ0v) is 9.92. The van der Waals surface area contributed by atoms with Crippen molar-refractivity contribution >= 4 is 23.5 Å². The zero-order valence-electron chi connectivity index (χ0n) is 9.10. The molecule has 0 heterocycles. The summed E-state index contributed by atoms with van der Waals surface area (Å²) in [7, 11) is 0. The predicted octanol–water partition coefficient (Wildman–Crippen LogP) is 2.52. The zero-order chi connectivity index (χ0) is 12.0. The Morgan fingerprint density at radius 1 is 1.19 bits per heavy atom. The quantitative estimate of drug-likeness (QED) is 0.774. The van der Waals surface area contributed by atoms with Crippen LogP contribution in [0.25, 0.3) is 0 Å². The minimum absolute atomic E-state index is 0.0204. The first kappa shape index (κ1) is 12.8. The van der Waals surface area contributed by atoms with E-state index in [1.165, 1.54) is 17.3 Å². The number of Topliss-reactive ketones (excluding diaryl/α,β-unsaturated/α-hetero) is 1. The predicted molar refractivity (Wildman–Crippen MR) is 63.8 cm³/mol. The summed E-state index contributed by atoms with van der Waals surface area (Å²) < 4.78 is 0. The van der Waals surface area contributed by atoms with E-state index in [9.17, 15) is 9.59 Å². The number of thioether (sulfide) groups is 1. The summed E-state index contributed by atoms with van der Waals surface area (Å²) in [6.45, 7) is 2.01. The fourth-order valence-electron chi connectivity index (χ4n) is 1.12. The molecule has 86 valence electrons. The number of carbonyl (C=O) groups is 2. The van der Waals surface area contributed by atoms with Gasteiger partial charge in [0.15, 0.2) is 0 Å². The van der Waals surface area contributed by atoms with Gasteiger partial charge in [-0.2, -0.15) is 0 Å². The summed E-state index contributed by atoms with van der Waals surface area (Å²) in [6, 6.07) is 7.91. The molecule has 4 heteroatoms. The molecule has 0 amide bonds. The monoisotopic (exact) mass is 238 g/mol. The standard InChI is InChI=1S/C12H14O3S/c1-9-2-5-11(6-3-9)16-8-10(13)4-7-12(14)15/h2-3,5-6H,4,7-8H2,1H3,(H,14,15). The molecule has 16 heavy (non-hydrogen) atoms. The second-order valence-corrected chi connectivity index (χ2v) is 4.58. The third kappa shape index (κ3) is 4.98. The van der Waals surface area contributed by atoms with E-state index >= 15 is 0 Å². The van der Waals surface area contributed by atoms with Gasteiger partial charge in [0.2, 0.25) is 0 Å². The van der Waals surface area contributed by atoms with Gasteiger partial charge < -0.3 is 5.11 Å². The van der Waals surface area contributed by atoms with E-state index in [1.807, 2.05) is 31.2 Å². The van der Waals surface area contributed by atoms with E-state index in [2.05, 4.69) is 0 Å². The normalized spacial score (nSPS) is 10.1. The highest BCUT2D eigenvalue weighted by atomic mass is 32.2. The number of carboxylic acid groups (broad SMARTS) is 1. The molecule has 3 nitrogen and oxygen atoms in total. The Labute approximate surface area is 98.9 Å². The van der Waals surface area contributed by atoms with Crippen LogP contribution in [0.2, 0.25) is 0 Å². The van der Waals surface area contributed by atoms with E-state index in [-0.39, 0.29) is 18.6 Å². The molecule has 0 spiro atoms. The number of carboxylic acids is 1. The lowest BCUT2D eigenvalue weighted by atomic mass is 10.2. The van der Waals surface area contributed by atoms with Crippen LogP contribution >= 0.6 is 11.8 Å². The largest absolute Gasteiger partial charge is 0.481 e. The third-order valence-electron chi connectivity index (χ3n) is 2.04. The Morgan fingerprint density at radius 2 is 1.81 bits per heavy atom. The van der Waals surface area contributed by atoms with Gasteiger partial charge >= 0.3 is 5.97 Å². The van der Waals surface area contributed by atoms with Crippen molar-refractivity contribution in [3.8, 4) is 0 Å². The van der Waals surface area contributed by atoms with Crippen LogP contribution in [0.4, 0.5) is 0 Å². The molecule has 1 aromatic rings. The molecule has 0 saturated carbocycles. The van der Waals surface area contributed by atoms with E-state index in [4.69, 9.17) is 5.11 Å². The summed E-state index contributed by atoms with van der Waals surface area (Å²) in [5.41, 5.74) is 1.18. The van der Waals surface area contributed by atoms with Gasteiger partial charge in [-0.3, -0.25) is 9.59 Å². The number of benzene rings is 1.